The molecule has 1 aromatic carbocycles. The van der Waals surface area contributed by atoms with Gasteiger partial charge in [-0.2, -0.15) is 0 Å². The lowest BCUT2D eigenvalue weighted by molar-refractivity contribution is -0.384. The summed E-state index contributed by atoms with van der Waals surface area (Å²) in [5.74, 6) is -1.08. The topological polar surface area (TPSA) is 100.0 Å². The minimum absolute atomic E-state index is 0.0336. The number of nitro benzene ring substituents is 1. The van der Waals surface area contributed by atoms with Crippen molar-refractivity contribution in [2.75, 3.05) is 13.2 Å². The molecule has 0 radical (unpaired) electrons. The number of hydrogen-bond acceptors (Lipinski definition) is 6. The standard InChI is InChI=1S/C14H19N3O4/c1-3-7-20-14(21-8-4-2)12-6-5-10(17(18)19)9-11(12)13(15)16-14/h5-6,9H,3-4,7-8H2,1-2H3,(H2,15,16). The Morgan fingerprint density at radius 3 is 2.43 bits per heavy atom. The van der Waals surface area contributed by atoms with Crippen molar-refractivity contribution in [2.45, 2.75) is 32.6 Å². The first kappa shape index (κ1) is 15.4. The van der Waals surface area contributed by atoms with Crippen molar-refractivity contribution in [1.29, 1.82) is 0 Å². The second-order valence-electron chi connectivity index (χ2n) is 4.76. The zero-order valence-corrected chi connectivity index (χ0v) is 12.2. The fourth-order valence-corrected chi connectivity index (χ4v) is 2.15. The molecule has 0 saturated carbocycles. The van der Waals surface area contributed by atoms with Gasteiger partial charge in [0, 0.05) is 23.3 Å². The van der Waals surface area contributed by atoms with Crippen LogP contribution in [0.25, 0.3) is 0 Å². The van der Waals surface area contributed by atoms with Gasteiger partial charge in [-0.1, -0.05) is 13.8 Å². The van der Waals surface area contributed by atoms with Gasteiger partial charge in [-0.15, -0.1) is 0 Å². The number of amidine groups is 1. The summed E-state index contributed by atoms with van der Waals surface area (Å²) in [6, 6.07) is 4.41. The maximum Gasteiger partial charge on any atom is 0.300 e. The summed E-state index contributed by atoms with van der Waals surface area (Å²) >= 11 is 0. The van der Waals surface area contributed by atoms with E-state index in [2.05, 4.69) is 4.99 Å². The molecule has 0 aromatic heterocycles. The molecule has 0 saturated heterocycles. The van der Waals surface area contributed by atoms with Crippen LogP contribution in [0, 0.1) is 10.1 Å². The van der Waals surface area contributed by atoms with Crippen molar-refractivity contribution in [2.24, 2.45) is 10.7 Å². The number of nitrogens with two attached hydrogens (primary N) is 1. The smallest absolute Gasteiger partial charge is 0.300 e. The van der Waals surface area contributed by atoms with E-state index >= 15 is 0 Å². The summed E-state index contributed by atoms with van der Waals surface area (Å²) in [4.78, 5) is 14.7. The van der Waals surface area contributed by atoms with Crippen molar-refractivity contribution in [1.82, 2.24) is 0 Å². The molecule has 21 heavy (non-hydrogen) atoms. The lowest BCUT2D eigenvalue weighted by atomic mass is 10.1. The zero-order chi connectivity index (χ0) is 15.5. The quantitative estimate of drug-likeness (QED) is 0.472. The van der Waals surface area contributed by atoms with Crippen molar-refractivity contribution in [3.63, 3.8) is 0 Å². The van der Waals surface area contributed by atoms with Crippen LogP contribution in [0.5, 0.6) is 0 Å². The van der Waals surface area contributed by atoms with E-state index < -0.39 is 10.8 Å². The Balaban J connectivity index is 2.44. The number of hydrogen-bond donors (Lipinski definition) is 1. The fraction of sp³-hybridized carbons (Fsp3) is 0.500. The molecule has 1 aliphatic rings. The number of fused-ring (bicyclic) bond motifs is 1. The normalized spacial score (nSPS) is 15.6. The van der Waals surface area contributed by atoms with Gasteiger partial charge < -0.3 is 15.2 Å². The summed E-state index contributed by atoms with van der Waals surface area (Å²) < 4.78 is 11.6. The van der Waals surface area contributed by atoms with Crippen molar-refractivity contribution in [3.05, 3.63) is 39.4 Å². The van der Waals surface area contributed by atoms with E-state index in [-0.39, 0.29) is 11.5 Å². The summed E-state index contributed by atoms with van der Waals surface area (Å²) in [6.07, 6.45) is 1.60. The highest BCUT2D eigenvalue weighted by molar-refractivity contribution is 6.02. The molecule has 0 amide bonds. The molecule has 1 heterocycles. The Bertz CT molecular complexity index is 563. The number of aliphatic imine (C=N–C) groups is 1. The molecule has 0 bridgehead atoms. The number of non-ortho nitro benzene ring substituents is 1. The van der Waals surface area contributed by atoms with Gasteiger partial charge >= 0.3 is 5.91 Å². The van der Waals surface area contributed by atoms with Crippen LogP contribution in [0.1, 0.15) is 37.8 Å². The van der Waals surface area contributed by atoms with E-state index in [9.17, 15) is 10.1 Å². The molecular weight excluding hydrogens is 274 g/mol. The second-order valence-corrected chi connectivity index (χ2v) is 4.76. The van der Waals surface area contributed by atoms with Gasteiger partial charge in [0.1, 0.15) is 5.84 Å². The molecule has 2 N–H and O–H groups in total. The van der Waals surface area contributed by atoms with E-state index in [1.165, 1.54) is 12.1 Å². The van der Waals surface area contributed by atoms with E-state index in [0.29, 0.717) is 24.3 Å². The SMILES string of the molecule is CCCOC1(OCCC)N=C(N)c2cc([N+](=O)[O-])ccc21. The highest BCUT2D eigenvalue weighted by Gasteiger charge is 2.42. The third-order valence-electron chi connectivity index (χ3n) is 3.10. The lowest BCUT2D eigenvalue weighted by Crippen LogP contribution is -2.30. The van der Waals surface area contributed by atoms with E-state index in [1.54, 1.807) is 6.07 Å². The summed E-state index contributed by atoms with van der Waals surface area (Å²) in [7, 11) is 0. The predicted octanol–water partition coefficient (Wildman–Crippen LogP) is 2.28. The van der Waals surface area contributed by atoms with Crippen molar-refractivity contribution >= 4 is 11.5 Å². The molecule has 2 rings (SSSR count). The molecule has 0 spiro atoms. The van der Waals surface area contributed by atoms with Gasteiger partial charge in [0.2, 0.25) is 0 Å². The Morgan fingerprint density at radius 1 is 1.29 bits per heavy atom. The molecule has 7 heteroatoms. The highest BCUT2D eigenvalue weighted by Crippen LogP contribution is 2.38. The first-order valence-corrected chi connectivity index (χ1v) is 6.96. The van der Waals surface area contributed by atoms with E-state index in [0.717, 1.165) is 12.8 Å². The zero-order valence-electron chi connectivity index (χ0n) is 12.2. The Kier molecular flexibility index (Phi) is 4.54. The number of nitrogens with zero attached hydrogens (tertiary/aromatic N) is 2. The number of nitro groups is 1. The van der Waals surface area contributed by atoms with Gasteiger partial charge in [-0.3, -0.25) is 10.1 Å². The van der Waals surface area contributed by atoms with Crippen molar-refractivity contribution < 1.29 is 14.4 Å². The predicted molar refractivity (Wildman–Crippen MR) is 78.0 cm³/mol. The second kappa shape index (κ2) is 6.19. The van der Waals surface area contributed by atoms with E-state index in [4.69, 9.17) is 15.2 Å². The Labute approximate surface area is 122 Å². The van der Waals surface area contributed by atoms with Crippen LogP contribution < -0.4 is 5.73 Å². The summed E-state index contributed by atoms with van der Waals surface area (Å²) in [6.45, 7) is 4.87. The van der Waals surface area contributed by atoms with Gasteiger partial charge in [0.05, 0.1) is 18.1 Å². The third kappa shape index (κ3) is 2.88. The monoisotopic (exact) mass is 293 g/mol. The molecule has 0 unspecified atom stereocenters. The molecule has 7 nitrogen and oxygen atoms in total. The van der Waals surface area contributed by atoms with Crippen LogP contribution in [0.3, 0.4) is 0 Å². The van der Waals surface area contributed by atoms with Crippen molar-refractivity contribution in [3.8, 4) is 0 Å². The van der Waals surface area contributed by atoms with Gasteiger partial charge in [0.15, 0.2) is 0 Å². The van der Waals surface area contributed by atoms with Crippen LogP contribution >= 0.6 is 0 Å². The number of benzene rings is 1. The Morgan fingerprint density at radius 2 is 1.90 bits per heavy atom. The number of ether oxygens (including phenoxy) is 2. The van der Waals surface area contributed by atoms with Gasteiger partial charge in [0.25, 0.3) is 5.69 Å². The summed E-state index contributed by atoms with van der Waals surface area (Å²) in [5, 5.41) is 10.9. The first-order chi connectivity index (χ1) is 10.0. The summed E-state index contributed by atoms with van der Waals surface area (Å²) in [5.41, 5.74) is 6.98. The van der Waals surface area contributed by atoms with Crippen LogP contribution in [0.15, 0.2) is 23.2 Å². The third-order valence-corrected chi connectivity index (χ3v) is 3.10. The van der Waals surface area contributed by atoms with Crippen LogP contribution in [0.4, 0.5) is 5.69 Å². The van der Waals surface area contributed by atoms with Crippen LogP contribution in [-0.4, -0.2) is 24.0 Å². The first-order valence-electron chi connectivity index (χ1n) is 6.96. The van der Waals surface area contributed by atoms with Crippen LogP contribution in [0.2, 0.25) is 0 Å². The minimum Gasteiger partial charge on any atom is -0.383 e. The fourth-order valence-electron chi connectivity index (χ4n) is 2.15. The molecular formula is C14H19N3O4. The minimum atomic E-state index is -1.28. The maximum absolute atomic E-state index is 10.9. The lowest BCUT2D eigenvalue weighted by Gasteiger charge is -2.27. The largest absolute Gasteiger partial charge is 0.383 e. The van der Waals surface area contributed by atoms with E-state index in [1.807, 2.05) is 13.8 Å². The molecule has 0 fully saturated rings. The highest BCUT2D eigenvalue weighted by atomic mass is 16.7. The molecule has 0 atom stereocenters. The Hall–Kier alpha value is -1.99. The van der Waals surface area contributed by atoms with Crippen LogP contribution in [-0.2, 0) is 15.4 Å². The van der Waals surface area contributed by atoms with Gasteiger partial charge in [-0.25, -0.2) is 4.99 Å². The van der Waals surface area contributed by atoms with Gasteiger partial charge in [-0.05, 0) is 18.9 Å². The molecule has 1 aliphatic heterocycles. The maximum atomic E-state index is 10.9. The molecule has 1 aromatic rings. The molecule has 114 valence electrons. The molecule has 0 aliphatic carbocycles. The average molecular weight is 293 g/mol. The number of rotatable bonds is 7. The average Bonchev–Trinajstić information content (AvgIpc) is 2.76.